The summed E-state index contributed by atoms with van der Waals surface area (Å²) in [6.45, 7) is 5.47. The van der Waals surface area contributed by atoms with Crippen LogP contribution in [-0.4, -0.2) is 62.0 Å². The van der Waals surface area contributed by atoms with Crippen LogP contribution in [0.25, 0.3) is 10.9 Å². The molecule has 0 unspecified atom stereocenters. The van der Waals surface area contributed by atoms with Gasteiger partial charge in [-0.1, -0.05) is 29.3 Å². The van der Waals surface area contributed by atoms with Gasteiger partial charge in [0, 0.05) is 43.7 Å². The van der Waals surface area contributed by atoms with Crippen molar-refractivity contribution in [2.45, 2.75) is 25.7 Å². The van der Waals surface area contributed by atoms with E-state index in [1.54, 1.807) is 6.07 Å². The number of esters is 1. The fourth-order valence-corrected chi connectivity index (χ4v) is 4.82. The molecule has 1 saturated heterocycles. The van der Waals surface area contributed by atoms with Gasteiger partial charge in [-0.3, -0.25) is 9.69 Å². The zero-order valence-electron chi connectivity index (χ0n) is 20.7. The Kier molecular flexibility index (Phi) is 8.54. The Morgan fingerprint density at radius 3 is 2.59 bits per heavy atom. The van der Waals surface area contributed by atoms with Gasteiger partial charge in [-0.25, -0.2) is 4.98 Å². The SMILES string of the molecule is O=C(OCOc1ccc2ccc(OCCCCN3CCN(c4cccc(Cl)c4Cl)CC3)cc2n1)C1CC1. The van der Waals surface area contributed by atoms with Crippen LogP contribution in [0.5, 0.6) is 11.6 Å². The number of hydrogen-bond acceptors (Lipinski definition) is 7. The minimum atomic E-state index is -0.193. The lowest BCUT2D eigenvalue weighted by Gasteiger charge is -2.36. The maximum atomic E-state index is 11.6. The van der Waals surface area contributed by atoms with Gasteiger partial charge in [-0.15, -0.1) is 0 Å². The number of benzene rings is 2. The fourth-order valence-electron chi connectivity index (χ4n) is 4.41. The van der Waals surface area contributed by atoms with Gasteiger partial charge in [0.05, 0.1) is 33.8 Å². The summed E-state index contributed by atoms with van der Waals surface area (Å²) in [6.07, 6.45) is 3.86. The van der Waals surface area contributed by atoms with Gasteiger partial charge in [0.15, 0.2) is 0 Å². The largest absolute Gasteiger partial charge is 0.494 e. The van der Waals surface area contributed by atoms with Crippen molar-refractivity contribution in [1.82, 2.24) is 9.88 Å². The molecular formula is C28H31Cl2N3O4. The van der Waals surface area contributed by atoms with Crippen LogP contribution < -0.4 is 14.4 Å². The smallest absolute Gasteiger partial charge is 0.311 e. The molecule has 0 bridgehead atoms. The van der Waals surface area contributed by atoms with Crippen molar-refractivity contribution in [2.24, 2.45) is 5.92 Å². The number of anilines is 1. The molecule has 1 aromatic heterocycles. The van der Waals surface area contributed by atoms with Crippen LogP contribution in [-0.2, 0) is 9.53 Å². The number of piperazine rings is 1. The van der Waals surface area contributed by atoms with Crippen LogP contribution in [0.3, 0.4) is 0 Å². The molecule has 2 aliphatic rings. The second-order valence-electron chi connectivity index (χ2n) is 9.46. The number of halogens is 2. The molecule has 9 heteroatoms. The van der Waals surface area contributed by atoms with Gasteiger partial charge in [-0.05, 0) is 62.6 Å². The van der Waals surface area contributed by atoms with Crippen molar-refractivity contribution in [3.63, 3.8) is 0 Å². The molecule has 0 amide bonds. The normalized spacial score (nSPS) is 16.1. The van der Waals surface area contributed by atoms with Crippen LogP contribution in [0.1, 0.15) is 25.7 Å². The van der Waals surface area contributed by atoms with E-state index < -0.39 is 0 Å². The number of carbonyl (C=O) groups excluding carboxylic acids is 1. The van der Waals surface area contributed by atoms with E-state index in [0.717, 1.165) is 80.7 Å². The van der Waals surface area contributed by atoms with E-state index in [1.165, 1.54) is 0 Å². The highest BCUT2D eigenvalue weighted by molar-refractivity contribution is 6.43. The summed E-state index contributed by atoms with van der Waals surface area (Å²) in [7, 11) is 0. The Morgan fingerprint density at radius 1 is 0.973 bits per heavy atom. The van der Waals surface area contributed by atoms with E-state index in [-0.39, 0.29) is 18.7 Å². The van der Waals surface area contributed by atoms with Gasteiger partial charge in [0.1, 0.15) is 5.75 Å². The Labute approximate surface area is 227 Å². The van der Waals surface area contributed by atoms with Crippen molar-refractivity contribution in [3.8, 4) is 11.6 Å². The Morgan fingerprint density at radius 2 is 1.78 bits per heavy atom. The van der Waals surface area contributed by atoms with Crippen molar-refractivity contribution < 1.29 is 19.0 Å². The number of unbranched alkanes of at least 4 members (excludes halogenated alkanes) is 1. The lowest BCUT2D eigenvalue weighted by molar-refractivity contribution is -0.151. The van der Waals surface area contributed by atoms with E-state index in [2.05, 4.69) is 14.8 Å². The summed E-state index contributed by atoms with van der Waals surface area (Å²) < 4.78 is 16.6. The molecule has 2 aromatic carbocycles. The minimum absolute atomic E-state index is 0.0532. The molecule has 2 fully saturated rings. The third-order valence-electron chi connectivity index (χ3n) is 6.74. The van der Waals surface area contributed by atoms with Crippen LogP contribution in [0, 0.1) is 5.92 Å². The predicted molar refractivity (Wildman–Crippen MR) is 146 cm³/mol. The van der Waals surface area contributed by atoms with Crippen LogP contribution >= 0.6 is 23.2 Å². The zero-order chi connectivity index (χ0) is 25.6. The van der Waals surface area contributed by atoms with Gasteiger partial charge in [0.2, 0.25) is 12.7 Å². The summed E-state index contributed by atoms with van der Waals surface area (Å²) in [5.41, 5.74) is 1.80. The molecule has 0 atom stereocenters. The molecule has 1 aliphatic carbocycles. The predicted octanol–water partition coefficient (Wildman–Crippen LogP) is 5.81. The summed E-state index contributed by atoms with van der Waals surface area (Å²) >= 11 is 12.6. The Bertz CT molecular complexity index is 1230. The number of nitrogens with zero attached hydrogens (tertiary/aromatic N) is 3. The highest BCUT2D eigenvalue weighted by Gasteiger charge is 2.31. The summed E-state index contributed by atoms with van der Waals surface area (Å²) in [4.78, 5) is 20.9. The van der Waals surface area contributed by atoms with Crippen molar-refractivity contribution in [1.29, 1.82) is 0 Å². The Hall–Kier alpha value is -2.74. The average molecular weight is 544 g/mol. The first-order valence-corrected chi connectivity index (χ1v) is 13.6. The minimum Gasteiger partial charge on any atom is -0.494 e. The summed E-state index contributed by atoms with van der Waals surface area (Å²) in [5.74, 6) is 1.06. The van der Waals surface area contributed by atoms with Crippen molar-refractivity contribution in [2.75, 3.05) is 51.0 Å². The van der Waals surface area contributed by atoms with Crippen molar-refractivity contribution in [3.05, 3.63) is 58.6 Å². The monoisotopic (exact) mass is 543 g/mol. The molecule has 37 heavy (non-hydrogen) atoms. The summed E-state index contributed by atoms with van der Waals surface area (Å²) in [5, 5.41) is 2.23. The maximum Gasteiger partial charge on any atom is 0.311 e. The second kappa shape index (κ2) is 12.2. The van der Waals surface area contributed by atoms with Gasteiger partial charge in [0.25, 0.3) is 0 Å². The fraction of sp³-hybridized carbons (Fsp3) is 0.429. The van der Waals surface area contributed by atoms with E-state index in [9.17, 15) is 4.79 Å². The number of aromatic nitrogens is 1. The molecule has 1 saturated carbocycles. The van der Waals surface area contributed by atoms with Gasteiger partial charge in [-0.2, -0.15) is 0 Å². The molecule has 1 aliphatic heterocycles. The van der Waals surface area contributed by atoms with Crippen LogP contribution in [0.15, 0.2) is 48.5 Å². The second-order valence-corrected chi connectivity index (χ2v) is 10.2. The van der Waals surface area contributed by atoms with E-state index >= 15 is 0 Å². The third kappa shape index (κ3) is 6.98. The first-order valence-electron chi connectivity index (χ1n) is 12.8. The standard InChI is InChI=1S/C28H31Cl2N3O4/c29-23-4-3-5-25(27(23)30)33-15-13-32(14-16-33)12-1-2-17-35-22-10-8-20-9-11-26(31-24(20)18-22)36-19-37-28(34)21-6-7-21/h3-5,8-11,18,21H,1-2,6-7,12-17,19H2. The molecule has 0 radical (unpaired) electrons. The quantitative estimate of drug-likeness (QED) is 0.171. The van der Waals surface area contributed by atoms with Crippen LogP contribution in [0.2, 0.25) is 10.0 Å². The van der Waals surface area contributed by atoms with E-state index in [1.807, 2.05) is 42.5 Å². The first kappa shape index (κ1) is 25.9. The third-order valence-corrected chi connectivity index (χ3v) is 7.55. The number of rotatable bonds is 11. The molecule has 7 nitrogen and oxygen atoms in total. The maximum absolute atomic E-state index is 11.6. The van der Waals surface area contributed by atoms with Gasteiger partial charge >= 0.3 is 5.97 Å². The highest BCUT2D eigenvalue weighted by Crippen LogP contribution is 2.33. The zero-order valence-corrected chi connectivity index (χ0v) is 22.2. The van der Waals surface area contributed by atoms with E-state index in [0.29, 0.717) is 22.5 Å². The molecular weight excluding hydrogens is 513 g/mol. The van der Waals surface area contributed by atoms with Gasteiger partial charge < -0.3 is 19.1 Å². The number of pyridine rings is 1. The van der Waals surface area contributed by atoms with Crippen molar-refractivity contribution >= 4 is 45.8 Å². The average Bonchev–Trinajstić information content (AvgIpc) is 3.76. The lowest BCUT2D eigenvalue weighted by atomic mass is 10.2. The number of fused-ring (bicyclic) bond motifs is 1. The molecule has 3 aromatic rings. The molecule has 0 N–H and O–H groups in total. The number of ether oxygens (including phenoxy) is 3. The Balaban J connectivity index is 1.02. The molecule has 5 rings (SSSR count). The van der Waals surface area contributed by atoms with Crippen LogP contribution in [0.4, 0.5) is 5.69 Å². The topological polar surface area (TPSA) is 64.1 Å². The first-order chi connectivity index (χ1) is 18.1. The highest BCUT2D eigenvalue weighted by atomic mass is 35.5. The molecule has 0 spiro atoms. The lowest BCUT2D eigenvalue weighted by Crippen LogP contribution is -2.46. The molecule has 196 valence electrons. The summed E-state index contributed by atoms with van der Waals surface area (Å²) in [6, 6.07) is 15.4. The number of hydrogen-bond donors (Lipinski definition) is 0. The van der Waals surface area contributed by atoms with E-state index in [4.69, 9.17) is 37.4 Å². The number of carbonyl (C=O) groups is 1. The molecule has 2 heterocycles.